The number of allylic oxidation sites excluding steroid dienone is 1. The Kier molecular flexibility index (Phi) is 6.82. The summed E-state index contributed by atoms with van der Waals surface area (Å²) >= 11 is 0. The van der Waals surface area contributed by atoms with Crippen LogP contribution in [0.15, 0.2) is 102 Å². The molecule has 1 aliphatic heterocycles. The van der Waals surface area contributed by atoms with Crippen LogP contribution in [0.1, 0.15) is 46.8 Å². The first-order chi connectivity index (χ1) is 17.2. The first-order valence-corrected chi connectivity index (χ1v) is 11.9. The predicted octanol–water partition coefficient (Wildman–Crippen LogP) is 5.17. The number of amides is 2. The van der Waals surface area contributed by atoms with Gasteiger partial charge in [0.15, 0.2) is 6.61 Å². The van der Waals surface area contributed by atoms with Gasteiger partial charge in [-0.25, -0.2) is 10.5 Å². The van der Waals surface area contributed by atoms with E-state index in [9.17, 15) is 9.59 Å². The number of carbonyl (C=O) groups excluding carboxylic acids is 2. The fraction of sp³-hybridized carbons (Fsp3) is 0.207. The Morgan fingerprint density at radius 2 is 1.60 bits per heavy atom. The van der Waals surface area contributed by atoms with Gasteiger partial charge in [-0.05, 0) is 54.2 Å². The third kappa shape index (κ3) is 5.08. The van der Waals surface area contributed by atoms with Crippen LogP contribution in [0, 0.1) is 5.92 Å². The summed E-state index contributed by atoms with van der Waals surface area (Å²) in [5.41, 5.74) is 7.13. The molecule has 2 atom stereocenters. The third-order valence-corrected chi connectivity index (χ3v) is 6.44. The molecule has 0 bridgehead atoms. The minimum atomic E-state index is -0.396. The monoisotopic (exact) mass is 465 g/mol. The van der Waals surface area contributed by atoms with E-state index in [1.165, 1.54) is 5.57 Å². The van der Waals surface area contributed by atoms with Crippen molar-refractivity contribution in [3.63, 3.8) is 0 Å². The molecule has 1 fully saturated rings. The van der Waals surface area contributed by atoms with E-state index in [1.54, 1.807) is 29.3 Å². The van der Waals surface area contributed by atoms with Gasteiger partial charge in [-0.1, -0.05) is 78.9 Å². The third-order valence-electron chi connectivity index (χ3n) is 6.44. The molecule has 35 heavy (non-hydrogen) atoms. The summed E-state index contributed by atoms with van der Waals surface area (Å²) < 4.78 is 0. The SMILES string of the molecule is O=C(NOCC(=O)N1N=C2/C(=C\c3ccccc3)CCCC2C1c1ccccc1)c1ccccc1. The lowest BCUT2D eigenvalue weighted by Crippen LogP contribution is -2.36. The van der Waals surface area contributed by atoms with E-state index in [2.05, 4.69) is 23.7 Å². The van der Waals surface area contributed by atoms with Crippen molar-refractivity contribution < 1.29 is 14.4 Å². The molecule has 6 nitrogen and oxygen atoms in total. The number of hydrogen-bond acceptors (Lipinski definition) is 4. The molecule has 1 saturated carbocycles. The molecule has 1 aliphatic carbocycles. The molecule has 2 aliphatic rings. The first-order valence-electron chi connectivity index (χ1n) is 11.9. The molecule has 0 spiro atoms. The van der Waals surface area contributed by atoms with Crippen molar-refractivity contribution in [1.82, 2.24) is 10.5 Å². The maximum Gasteiger partial charge on any atom is 0.274 e. The second kappa shape index (κ2) is 10.5. The van der Waals surface area contributed by atoms with Crippen molar-refractivity contribution in [2.75, 3.05) is 6.61 Å². The summed E-state index contributed by atoms with van der Waals surface area (Å²) in [6, 6.07) is 28.7. The molecule has 176 valence electrons. The molecule has 5 rings (SSSR count). The summed E-state index contributed by atoms with van der Waals surface area (Å²) in [6.07, 6.45) is 5.10. The number of hydroxylamine groups is 1. The van der Waals surface area contributed by atoms with E-state index < -0.39 is 5.91 Å². The maximum absolute atomic E-state index is 13.3. The maximum atomic E-state index is 13.3. The number of hydrazone groups is 1. The quantitative estimate of drug-likeness (QED) is 0.511. The molecular formula is C29H27N3O3. The van der Waals surface area contributed by atoms with Crippen LogP contribution in [0.25, 0.3) is 6.08 Å². The van der Waals surface area contributed by atoms with Crippen molar-refractivity contribution >= 4 is 23.6 Å². The molecule has 0 aromatic heterocycles. The number of nitrogens with zero attached hydrogens (tertiary/aromatic N) is 2. The van der Waals surface area contributed by atoms with Crippen LogP contribution in [0.2, 0.25) is 0 Å². The molecule has 0 radical (unpaired) electrons. The van der Waals surface area contributed by atoms with E-state index in [1.807, 2.05) is 54.6 Å². The minimum absolute atomic E-state index is 0.115. The van der Waals surface area contributed by atoms with Crippen molar-refractivity contribution in [2.45, 2.75) is 25.3 Å². The zero-order valence-corrected chi connectivity index (χ0v) is 19.3. The Labute approximate surface area is 204 Å². The summed E-state index contributed by atoms with van der Waals surface area (Å²) in [7, 11) is 0. The van der Waals surface area contributed by atoms with E-state index in [0.717, 1.165) is 36.1 Å². The predicted molar refractivity (Wildman–Crippen MR) is 135 cm³/mol. The molecule has 1 heterocycles. The number of carbonyl (C=O) groups is 2. The van der Waals surface area contributed by atoms with E-state index >= 15 is 0 Å². The topological polar surface area (TPSA) is 71.0 Å². The Balaban J connectivity index is 1.37. The summed E-state index contributed by atoms with van der Waals surface area (Å²) in [5.74, 6) is -0.579. The molecule has 0 saturated heterocycles. The number of benzene rings is 3. The van der Waals surface area contributed by atoms with Gasteiger partial charge in [0, 0.05) is 11.5 Å². The second-order valence-electron chi connectivity index (χ2n) is 8.74. The standard InChI is InChI=1S/C29H27N3O3/c33-26(20-35-31-29(34)23-15-8-3-9-16-23)32-28(22-13-6-2-7-14-22)25-18-10-17-24(27(25)30-32)19-21-11-4-1-5-12-21/h1-9,11-16,19,25,28H,10,17-18,20H2,(H,31,34)/b24-19-. The van der Waals surface area contributed by atoms with Crippen molar-refractivity contribution in [3.8, 4) is 0 Å². The zero-order valence-electron chi connectivity index (χ0n) is 19.3. The van der Waals surface area contributed by atoms with Crippen LogP contribution in [-0.2, 0) is 9.63 Å². The average Bonchev–Trinajstić information content (AvgIpc) is 3.31. The van der Waals surface area contributed by atoms with Crippen molar-refractivity contribution in [1.29, 1.82) is 0 Å². The van der Waals surface area contributed by atoms with Gasteiger partial charge in [0.25, 0.3) is 11.8 Å². The highest BCUT2D eigenvalue weighted by Gasteiger charge is 2.43. The lowest BCUT2D eigenvalue weighted by molar-refractivity contribution is -0.140. The Morgan fingerprint density at radius 3 is 2.31 bits per heavy atom. The smallest absolute Gasteiger partial charge is 0.270 e. The lowest BCUT2D eigenvalue weighted by atomic mass is 9.77. The number of rotatable bonds is 6. The zero-order chi connectivity index (χ0) is 24.0. The fourth-order valence-corrected chi connectivity index (χ4v) is 4.82. The number of nitrogens with one attached hydrogen (secondary N) is 1. The Hall–Kier alpha value is -4.03. The van der Waals surface area contributed by atoms with Crippen molar-refractivity contribution in [2.24, 2.45) is 11.0 Å². The van der Waals surface area contributed by atoms with Gasteiger partial charge in [0.05, 0.1) is 11.8 Å². The van der Waals surface area contributed by atoms with E-state index in [0.29, 0.717) is 5.56 Å². The first kappa shape index (κ1) is 22.7. The summed E-state index contributed by atoms with van der Waals surface area (Å²) in [6.45, 7) is -0.302. The highest BCUT2D eigenvalue weighted by molar-refractivity contribution is 6.08. The highest BCUT2D eigenvalue weighted by Crippen LogP contribution is 2.44. The van der Waals surface area contributed by atoms with Crippen LogP contribution in [-0.4, -0.2) is 29.1 Å². The van der Waals surface area contributed by atoms with Gasteiger partial charge in [-0.2, -0.15) is 5.10 Å². The van der Waals surface area contributed by atoms with Crippen LogP contribution >= 0.6 is 0 Å². The summed E-state index contributed by atoms with van der Waals surface area (Å²) in [5, 5.41) is 6.39. The largest absolute Gasteiger partial charge is 0.274 e. The van der Waals surface area contributed by atoms with E-state index in [-0.39, 0.29) is 24.5 Å². The van der Waals surface area contributed by atoms with Gasteiger partial charge in [-0.3, -0.25) is 14.4 Å². The molecule has 3 aromatic carbocycles. The van der Waals surface area contributed by atoms with Crippen LogP contribution < -0.4 is 5.48 Å². The van der Waals surface area contributed by atoms with Gasteiger partial charge in [0.2, 0.25) is 0 Å². The Morgan fingerprint density at radius 1 is 0.943 bits per heavy atom. The minimum Gasteiger partial charge on any atom is -0.270 e. The molecule has 3 aromatic rings. The Bertz CT molecular complexity index is 1240. The fourth-order valence-electron chi connectivity index (χ4n) is 4.82. The molecular weight excluding hydrogens is 438 g/mol. The van der Waals surface area contributed by atoms with Crippen LogP contribution in [0.3, 0.4) is 0 Å². The second-order valence-corrected chi connectivity index (χ2v) is 8.74. The lowest BCUT2D eigenvalue weighted by Gasteiger charge is -2.29. The number of fused-ring (bicyclic) bond motifs is 1. The molecule has 1 N–H and O–H groups in total. The normalized spacial score (nSPS) is 20.3. The van der Waals surface area contributed by atoms with E-state index in [4.69, 9.17) is 9.94 Å². The average molecular weight is 466 g/mol. The van der Waals surface area contributed by atoms with Gasteiger partial charge >= 0.3 is 0 Å². The van der Waals surface area contributed by atoms with Gasteiger partial charge < -0.3 is 0 Å². The number of hydrogen-bond donors (Lipinski definition) is 1. The van der Waals surface area contributed by atoms with Gasteiger partial charge in [0.1, 0.15) is 0 Å². The van der Waals surface area contributed by atoms with Crippen LogP contribution in [0.5, 0.6) is 0 Å². The molecule has 2 amide bonds. The van der Waals surface area contributed by atoms with Crippen molar-refractivity contribution in [3.05, 3.63) is 113 Å². The summed E-state index contributed by atoms with van der Waals surface area (Å²) in [4.78, 5) is 30.8. The molecule has 2 unspecified atom stereocenters. The highest BCUT2D eigenvalue weighted by atomic mass is 16.7. The van der Waals surface area contributed by atoms with Gasteiger partial charge in [-0.15, -0.1) is 0 Å². The van der Waals surface area contributed by atoms with Crippen LogP contribution in [0.4, 0.5) is 0 Å². The molecule has 6 heteroatoms.